The number of methoxy groups -OCH3 is 1. The summed E-state index contributed by atoms with van der Waals surface area (Å²) < 4.78 is 6.13. The molecule has 0 fully saturated rings. The number of rotatable bonds is 3. The zero-order chi connectivity index (χ0) is 14.5. The van der Waals surface area contributed by atoms with Gasteiger partial charge in [-0.15, -0.1) is 0 Å². The van der Waals surface area contributed by atoms with Crippen LogP contribution in [0.3, 0.4) is 0 Å². The molecule has 2 aromatic carbocycles. The Morgan fingerprint density at radius 2 is 1.85 bits per heavy atom. The van der Waals surface area contributed by atoms with Gasteiger partial charge in [0, 0.05) is 8.59 Å². The Labute approximate surface area is 135 Å². The number of halogens is 2. The highest BCUT2D eigenvalue weighted by Gasteiger charge is 2.09. The van der Waals surface area contributed by atoms with E-state index in [1.165, 1.54) is 7.11 Å². The highest BCUT2D eigenvalue weighted by molar-refractivity contribution is 14.1. The van der Waals surface area contributed by atoms with Gasteiger partial charge in [0.25, 0.3) is 0 Å². The zero-order valence-electron chi connectivity index (χ0n) is 10.6. The smallest absolute Gasteiger partial charge is 0.323 e. The standard InChI is InChI=1S/C14H12ClIN2O2/c1-20-13-7-6-9(15)8-12(13)18-14(19)17-11-5-3-2-4-10(11)16/h2-8H,1H3,(H2,17,18,19). The summed E-state index contributed by atoms with van der Waals surface area (Å²) in [5, 5.41) is 6.01. The Bertz CT molecular complexity index is 634. The molecule has 0 unspecified atom stereocenters. The Hall–Kier alpha value is -1.47. The molecule has 6 heteroatoms. The van der Waals surface area contributed by atoms with E-state index in [0.717, 1.165) is 9.26 Å². The van der Waals surface area contributed by atoms with Gasteiger partial charge < -0.3 is 15.4 Å². The number of para-hydroxylation sites is 1. The molecule has 0 saturated heterocycles. The molecule has 0 atom stereocenters. The van der Waals surface area contributed by atoms with Crippen LogP contribution < -0.4 is 15.4 Å². The van der Waals surface area contributed by atoms with Gasteiger partial charge in [-0.2, -0.15) is 0 Å². The summed E-state index contributed by atoms with van der Waals surface area (Å²) in [7, 11) is 1.53. The lowest BCUT2D eigenvalue weighted by Gasteiger charge is -2.12. The van der Waals surface area contributed by atoms with Crippen molar-refractivity contribution in [2.75, 3.05) is 17.7 Å². The van der Waals surface area contributed by atoms with Gasteiger partial charge in [0.1, 0.15) is 5.75 Å². The molecule has 4 nitrogen and oxygen atoms in total. The molecule has 20 heavy (non-hydrogen) atoms. The van der Waals surface area contributed by atoms with Crippen LogP contribution in [0.4, 0.5) is 16.2 Å². The first-order chi connectivity index (χ1) is 9.60. The van der Waals surface area contributed by atoms with Crippen molar-refractivity contribution < 1.29 is 9.53 Å². The number of amides is 2. The van der Waals surface area contributed by atoms with Crippen molar-refractivity contribution in [3.63, 3.8) is 0 Å². The van der Waals surface area contributed by atoms with E-state index < -0.39 is 0 Å². The molecule has 0 spiro atoms. The Morgan fingerprint density at radius 3 is 2.55 bits per heavy atom. The fourth-order valence-corrected chi connectivity index (χ4v) is 2.31. The first kappa shape index (κ1) is 14.9. The Morgan fingerprint density at radius 1 is 1.15 bits per heavy atom. The fraction of sp³-hybridized carbons (Fsp3) is 0.0714. The molecule has 2 aromatic rings. The summed E-state index contributed by atoms with van der Waals surface area (Å²) in [4.78, 5) is 12.0. The molecule has 0 saturated carbocycles. The fourth-order valence-electron chi connectivity index (χ4n) is 1.62. The predicted octanol–water partition coefficient (Wildman–Crippen LogP) is 4.60. The number of hydrogen-bond acceptors (Lipinski definition) is 2. The maximum absolute atomic E-state index is 12.0. The topological polar surface area (TPSA) is 50.4 Å². The van der Waals surface area contributed by atoms with E-state index >= 15 is 0 Å². The number of carbonyl (C=O) groups is 1. The third kappa shape index (κ3) is 3.77. The lowest BCUT2D eigenvalue weighted by atomic mass is 10.3. The lowest BCUT2D eigenvalue weighted by molar-refractivity contribution is 0.262. The van der Waals surface area contributed by atoms with Gasteiger partial charge >= 0.3 is 6.03 Å². The van der Waals surface area contributed by atoms with E-state index in [9.17, 15) is 4.79 Å². The number of anilines is 2. The number of carbonyl (C=O) groups excluding carboxylic acids is 1. The third-order valence-corrected chi connectivity index (χ3v) is 3.71. The van der Waals surface area contributed by atoms with Crippen LogP contribution in [-0.4, -0.2) is 13.1 Å². The van der Waals surface area contributed by atoms with Gasteiger partial charge in [-0.1, -0.05) is 23.7 Å². The van der Waals surface area contributed by atoms with E-state index in [1.54, 1.807) is 18.2 Å². The second-order valence-electron chi connectivity index (χ2n) is 3.90. The van der Waals surface area contributed by atoms with Crippen molar-refractivity contribution in [2.45, 2.75) is 0 Å². The SMILES string of the molecule is COc1ccc(Cl)cc1NC(=O)Nc1ccccc1I. The third-order valence-electron chi connectivity index (χ3n) is 2.53. The highest BCUT2D eigenvalue weighted by atomic mass is 127. The number of urea groups is 1. The van der Waals surface area contributed by atoms with Crippen LogP contribution in [0.1, 0.15) is 0 Å². The molecule has 0 bridgehead atoms. The van der Waals surface area contributed by atoms with Crippen molar-refractivity contribution in [2.24, 2.45) is 0 Å². The minimum Gasteiger partial charge on any atom is -0.495 e. The van der Waals surface area contributed by atoms with E-state index in [4.69, 9.17) is 16.3 Å². The first-order valence-corrected chi connectivity index (χ1v) is 7.22. The van der Waals surface area contributed by atoms with Gasteiger partial charge in [0.15, 0.2) is 0 Å². The average molecular weight is 403 g/mol. The summed E-state index contributed by atoms with van der Waals surface area (Å²) in [6, 6.07) is 12.2. The Kier molecular flexibility index (Phi) is 5.08. The van der Waals surface area contributed by atoms with Crippen molar-refractivity contribution in [3.8, 4) is 5.75 Å². The minimum atomic E-state index is -0.352. The van der Waals surface area contributed by atoms with E-state index in [1.807, 2.05) is 24.3 Å². The lowest BCUT2D eigenvalue weighted by Crippen LogP contribution is -2.20. The predicted molar refractivity (Wildman–Crippen MR) is 89.8 cm³/mol. The van der Waals surface area contributed by atoms with E-state index in [0.29, 0.717) is 16.5 Å². The number of benzene rings is 2. The molecular weight excluding hydrogens is 391 g/mol. The van der Waals surface area contributed by atoms with Crippen molar-refractivity contribution in [1.82, 2.24) is 0 Å². The summed E-state index contributed by atoms with van der Waals surface area (Å²) in [6.07, 6.45) is 0. The second kappa shape index (κ2) is 6.81. The molecule has 2 amide bonds. The minimum absolute atomic E-state index is 0.352. The first-order valence-electron chi connectivity index (χ1n) is 5.76. The second-order valence-corrected chi connectivity index (χ2v) is 5.50. The molecule has 2 rings (SSSR count). The molecule has 104 valence electrons. The largest absolute Gasteiger partial charge is 0.495 e. The van der Waals surface area contributed by atoms with Crippen LogP contribution in [0.25, 0.3) is 0 Å². The van der Waals surface area contributed by atoms with Crippen LogP contribution in [0, 0.1) is 3.57 Å². The highest BCUT2D eigenvalue weighted by Crippen LogP contribution is 2.28. The molecule has 0 radical (unpaired) electrons. The van der Waals surface area contributed by atoms with Crippen LogP contribution in [0.5, 0.6) is 5.75 Å². The molecule has 0 aromatic heterocycles. The normalized spacial score (nSPS) is 9.95. The number of ether oxygens (including phenoxy) is 1. The quantitative estimate of drug-likeness (QED) is 0.737. The summed E-state index contributed by atoms with van der Waals surface area (Å²) >= 11 is 8.07. The summed E-state index contributed by atoms with van der Waals surface area (Å²) in [5.41, 5.74) is 1.26. The summed E-state index contributed by atoms with van der Waals surface area (Å²) in [6.45, 7) is 0. The van der Waals surface area contributed by atoms with Gasteiger partial charge in [0.05, 0.1) is 18.5 Å². The van der Waals surface area contributed by atoms with E-state index in [-0.39, 0.29) is 6.03 Å². The van der Waals surface area contributed by atoms with Crippen LogP contribution in [0.2, 0.25) is 5.02 Å². The van der Waals surface area contributed by atoms with Gasteiger partial charge in [-0.3, -0.25) is 0 Å². The average Bonchev–Trinajstić information content (AvgIpc) is 2.41. The molecular formula is C14H12ClIN2O2. The van der Waals surface area contributed by atoms with Gasteiger partial charge in [0.2, 0.25) is 0 Å². The zero-order valence-corrected chi connectivity index (χ0v) is 13.5. The van der Waals surface area contributed by atoms with Crippen LogP contribution >= 0.6 is 34.2 Å². The van der Waals surface area contributed by atoms with Gasteiger partial charge in [-0.25, -0.2) is 4.79 Å². The number of hydrogen-bond donors (Lipinski definition) is 2. The Balaban J connectivity index is 2.12. The summed E-state index contributed by atoms with van der Waals surface area (Å²) in [5.74, 6) is 0.548. The molecule has 2 N–H and O–H groups in total. The molecule has 0 aliphatic carbocycles. The van der Waals surface area contributed by atoms with Crippen molar-refractivity contribution in [1.29, 1.82) is 0 Å². The molecule has 0 aliphatic heterocycles. The maximum Gasteiger partial charge on any atom is 0.323 e. The van der Waals surface area contributed by atoms with Crippen molar-refractivity contribution in [3.05, 3.63) is 51.1 Å². The molecule has 0 aliphatic rings. The van der Waals surface area contributed by atoms with Crippen LogP contribution in [0.15, 0.2) is 42.5 Å². The van der Waals surface area contributed by atoms with Crippen LogP contribution in [-0.2, 0) is 0 Å². The van der Waals surface area contributed by atoms with Gasteiger partial charge in [-0.05, 0) is 52.9 Å². The number of nitrogens with one attached hydrogen (secondary N) is 2. The molecule has 0 heterocycles. The van der Waals surface area contributed by atoms with E-state index in [2.05, 4.69) is 33.2 Å². The maximum atomic E-state index is 12.0. The monoisotopic (exact) mass is 402 g/mol. The van der Waals surface area contributed by atoms with Crippen molar-refractivity contribution >= 4 is 51.6 Å².